The highest BCUT2D eigenvalue weighted by Crippen LogP contribution is 2.30. The van der Waals surface area contributed by atoms with Crippen LogP contribution in [0.4, 0.5) is 14.9 Å². The second-order valence-corrected chi connectivity index (χ2v) is 11.4. The van der Waals surface area contributed by atoms with Crippen molar-refractivity contribution < 1.29 is 9.18 Å². The summed E-state index contributed by atoms with van der Waals surface area (Å²) in [6, 6.07) is 7.95. The number of nitrogens with one attached hydrogen (secondary N) is 1. The van der Waals surface area contributed by atoms with Crippen molar-refractivity contribution in [3.8, 4) is 6.07 Å². The van der Waals surface area contributed by atoms with E-state index in [1.54, 1.807) is 32.0 Å². The third-order valence-electron chi connectivity index (χ3n) is 8.14. The topological polar surface area (TPSA) is 135 Å². The molecule has 1 N–H and O–H groups in total. The highest BCUT2D eigenvalue weighted by atomic mass is 19.1. The predicted octanol–water partition coefficient (Wildman–Crippen LogP) is 3.74. The molecular formula is C30H30FN7O4. The summed E-state index contributed by atoms with van der Waals surface area (Å²) in [6.45, 7) is 4.52. The summed E-state index contributed by atoms with van der Waals surface area (Å²) in [7, 11) is 0. The van der Waals surface area contributed by atoms with E-state index in [-0.39, 0.29) is 46.7 Å². The van der Waals surface area contributed by atoms with Crippen LogP contribution in [0.5, 0.6) is 0 Å². The Bertz CT molecular complexity index is 1970. The molecule has 42 heavy (non-hydrogen) atoms. The summed E-state index contributed by atoms with van der Waals surface area (Å²) >= 11 is 0. The molecule has 12 heteroatoms. The summed E-state index contributed by atoms with van der Waals surface area (Å²) in [5, 5.41) is 12.3. The van der Waals surface area contributed by atoms with Gasteiger partial charge in [0.25, 0.3) is 11.1 Å². The van der Waals surface area contributed by atoms with Gasteiger partial charge in [0, 0.05) is 31.7 Å². The maximum atomic E-state index is 15.3. The molecule has 2 aliphatic rings. The number of fused-ring (bicyclic) bond motifs is 2. The van der Waals surface area contributed by atoms with E-state index in [9.17, 15) is 19.2 Å². The smallest absolute Gasteiger partial charge is 0.322 e. The number of halogens is 1. The average Bonchev–Trinajstić information content (AvgIpc) is 3.80. The molecule has 2 aromatic heterocycles. The average molecular weight is 572 g/mol. The molecular weight excluding hydrogens is 541 g/mol. The molecule has 216 valence electrons. The second kappa shape index (κ2) is 10.6. The number of carbonyl (C=O) groups excluding carboxylic acids is 1. The van der Waals surface area contributed by atoms with Crippen LogP contribution < -0.4 is 22.1 Å². The first-order chi connectivity index (χ1) is 20.2. The normalized spacial score (nSPS) is 17.1. The van der Waals surface area contributed by atoms with Crippen LogP contribution in [0.25, 0.3) is 21.8 Å². The molecule has 11 nitrogen and oxygen atoms in total. The number of nitriles is 1. The van der Waals surface area contributed by atoms with E-state index in [1.807, 2.05) is 6.07 Å². The molecule has 0 radical (unpaired) electrons. The van der Waals surface area contributed by atoms with Gasteiger partial charge in [0.1, 0.15) is 5.82 Å². The standard InChI is InChI=1S/C30H30FN7O4/c1-17(2)38-26-12-23(31)25(11-22(26)28(40)36(30(38)42)14-18-5-6-18)34-29(41)35-9-3-4-20(15-35)37-16-33-24-10-19(13-32)7-8-21(24)27(37)39/h7-8,10-12,16-18,20H,3-6,9,14-15H2,1-2H3,(H,34,41)/t20-/m1/s1. The van der Waals surface area contributed by atoms with Gasteiger partial charge in [-0.25, -0.2) is 19.0 Å². The van der Waals surface area contributed by atoms with Crippen molar-refractivity contribution >= 4 is 33.5 Å². The number of urea groups is 1. The number of amides is 2. The second-order valence-electron chi connectivity index (χ2n) is 11.4. The fourth-order valence-corrected chi connectivity index (χ4v) is 5.74. The molecule has 1 saturated heterocycles. The molecule has 1 saturated carbocycles. The van der Waals surface area contributed by atoms with Crippen molar-refractivity contribution in [2.24, 2.45) is 5.92 Å². The largest absolute Gasteiger partial charge is 0.331 e. The first kappa shape index (κ1) is 27.4. The van der Waals surface area contributed by atoms with Crippen LogP contribution in [0.1, 0.15) is 57.2 Å². The summed E-state index contributed by atoms with van der Waals surface area (Å²) in [5.74, 6) is -0.482. The molecule has 2 fully saturated rings. The van der Waals surface area contributed by atoms with Gasteiger partial charge >= 0.3 is 11.7 Å². The minimum Gasteiger partial charge on any atom is -0.322 e. The lowest BCUT2D eigenvalue weighted by Crippen LogP contribution is -2.45. The summed E-state index contributed by atoms with van der Waals surface area (Å²) in [5.41, 5.74) is -0.376. The number of carbonyl (C=O) groups is 1. The first-order valence-electron chi connectivity index (χ1n) is 14.1. The van der Waals surface area contributed by atoms with Crippen LogP contribution in [0.3, 0.4) is 0 Å². The Hall–Kier alpha value is -4.79. The van der Waals surface area contributed by atoms with Gasteiger partial charge in [0.05, 0.1) is 51.5 Å². The number of rotatable bonds is 5. The lowest BCUT2D eigenvalue weighted by molar-refractivity contribution is 0.177. The number of hydrogen-bond donors (Lipinski definition) is 1. The van der Waals surface area contributed by atoms with Crippen LogP contribution >= 0.6 is 0 Å². The van der Waals surface area contributed by atoms with Crippen LogP contribution in [0.2, 0.25) is 0 Å². The highest BCUT2D eigenvalue weighted by molar-refractivity contribution is 5.93. The van der Waals surface area contributed by atoms with Crippen LogP contribution in [0, 0.1) is 23.1 Å². The number of anilines is 1. The van der Waals surface area contributed by atoms with Crippen molar-refractivity contribution in [3.63, 3.8) is 0 Å². The van der Waals surface area contributed by atoms with Crippen LogP contribution in [-0.2, 0) is 6.54 Å². The van der Waals surface area contributed by atoms with Crippen LogP contribution in [-0.4, -0.2) is 42.7 Å². The van der Waals surface area contributed by atoms with Gasteiger partial charge in [0.2, 0.25) is 0 Å². The molecule has 6 rings (SSSR count). The number of nitrogens with zero attached hydrogens (tertiary/aromatic N) is 6. The van der Waals surface area contributed by atoms with Gasteiger partial charge in [0.15, 0.2) is 0 Å². The number of benzene rings is 2. The minimum absolute atomic E-state index is 0.156. The van der Waals surface area contributed by atoms with Crippen molar-refractivity contribution in [2.75, 3.05) is 18.4 Å². The SMILES string of the molecule is CC(C)n1c(=O)n(CC2CC2)c(=O)c2cc(NC(=O)N3CCC[C@@H](n4cnc5cc(C#N)ccc5c4=O)C3)c(F)cc21. The number of aromatic nitrogens is 4. The molecule has 0 unspecified atom stereocenters. The van der Waals surface area contributed by atoms with Gasteiger partial charge in [-0.1, -0.05) is 0 Å². The van der Waals surface area contributed by atoms with Gasteiger partial charge < -0.3 is 10.2 Å². The Morgan fingerprint density at radius 3 is 2.62 bits per heavy atom. The van der Waals surface area contributed by atoms with Gasteiger partial charge in [-0.3, -0.25) is 23.3 Å². The zero-order chi connectivity index (χ0) is 29.7. The van der Waals surface area contributed by atoms with E-state index in [1.165, 1.54) is 31.0 Å². The van der Waals surface area contributed by atoms with Gasteiger partial charge in [-0.2, -0.15) is 5.26 Å². The van der Waals surface area contributed by atoms with E-state index >= 15 is 4.39 Å². The van der Waals surface area contributed by atoms with E-state index < -0.39 is 23.1 Å². The quantitative estimate of drug-likeness (QED) is 0.388. The molecule has 2 amide bonds. The Morgan fingerprint density at radius 1 is 1.12 bits per heavy atom. The highest BCUT2D eigenvalue weighted by Gasteiger charge is 2.28. The number of likely N-dealkylation sites (tertiary alicyclic amines) is 1. The zero-order valence-electron chi connectivity index (χ0n) is 23.3. The summed E-state index contributed by atoms with van der Waals surface area (Å²) in [6.07, 6.45) is 4.60. The molecule has 1 atom stereocenters. The lowest BCUT2D eigenvalue weighted by atomic mass is 10.1. The number of hydrogen-bond acceptors (Lipinski definition) is 6. The Labute approximate surface area is 239 Å². The van der Waals surface area contributed by atoms with E-state index in [4.69, 9.17) is 5.26 Å². The Balaban J connectivity index is 1.29. The van der Waals surface area contributed by atoms with E-state index in [2.05, 4.69) is 10.3 Å². The molecule has 2 aromatic carbocycles. The molecule has 4 aromatic rings. The minimum atomic E-state index is -0.760. The van der Waals surface area contributed by atoms with Crippen molar-refractivity contribution in [2.45, 2.75) is 58.2 Å². The first-order valence-corrected chi connectivity index (χ1v) is 14.1. The zero-order valence-corrected chi connectivity index (χ0v) is 23.3. The predicted molar refractivity (Wildman–Crippen MR) is 155 cm³/mol. The van der Waals surface area contributed by atoms with E-state index in [0.29, 0.717) is 42.4 Å². The molecule has 1 aliphatic carbocycles. The summed E-state index contributed by atoms with van der Waals surface area (Å²) in [4.78, 5) is 58.9. The third-order valence-corrected chi connectivity index (χ3v) is 8.14. The summed E-state index contributed by atoms with van der Waals surface area (Å²) < 4.78 is 19.5. The Morgan fingerprint density at radius 2 is 1.90 bits per heavy atom. The molecule has 0 spiro atoms. The van der Waals surface area contributed by atoms with Gasteiger partial charge in [-0.15, -0.1) is 0 Å². The lowest BCUT2D eigenvalue weighted by Gasteiger charge is -2.33. The van der Waals surface area contributed by atoms with E-state index in [0.717, 1.165) is 18.9 Å². The Kier molecular flexibility index (Phi) is 6.88. The fourth-order valence-electron chi connectivity index (χ4n) is 5.74. The third kappa shape index (κ3) is 4.85. The molecule has 1 aliphatic heterocycles. The van der Waals surface area contributed by atoms with Gasteiger partial charge in [-0.05, 0) is 69.7 Å². The fraction of sp³-hybridized carbons (Fsp3) is 0.400. The monoisotopic (exact) mass is 571 g/mol. The van der Waals surface area contributed by atoms with Crippen molar-refractivity contribution in [3.05, 3.63) is 79.2 Å². The van der Waals surface area contributed by atoms with Crippen molar-refractivity contribution in [1.82, 2.24) is 23.6 Å². The number of piperidine rings is 1. The van der Waals surface area contributed by atoms with Crippen molar-refractivity contribution in [1.29, 1.82) is 5.26 Å². The maximum Gasteiger partial charge on any atom is 0.331 e. The molecule has 3 heterocycles. The van der Waals surface area contributed by atoms with Crippen LogP contribution in [0.15, 0.2) is 51.0 Å². The molecule has 0 bridgehead atoms. The maximum absolute atomic E-state index is 15.3.